The fraction of sp³-hybridized carbons (Fsp3) is 0.333. The van der Waals surface area contributed by atoms with Crippen molar-refractivity contribution in [1.29, 1.82) is 0 Å². The molecule has 0 aliphatic heterocycles. The maximum absolute atomic E-state index is 12.0. The molecule has 2 amide bonds. The predicted molar refractivity (Wildman–Crippen MR) is 68.4 cm³/mol. The Morgan fingerprint density at radius 3 is 2.61 bits per heavy atom. The molecule has 0 bridgehead atoms. The van der Waals surface area contributed by atoms with E-state index in [2.05, 4.69) is 10.6 Å². The van der Waals surface area contributed by atoms with Crippen LogP contribution in [0.15, 0.2) is 18.2 Å². The van der Waals surface area contributed by atoms with E-state index in [1.54, 1.807) is 19.1 Å². The van der Waals surface area contributed by atoms with Gasteiger partial charge in [-0.25, -0.2) is 0 Å². The zero-order chi connectivity index (χ0) is 13.7. The minimum atomic E-state index is -0.631. The molecule has 0 aromatic heterocycles. The van der Waals surface area contributed by atoms with E-state index in [-0.39, 0.29) is 5.91 Å². The average molecular weight is 251 g/mol. The molecule has 0 aliphatic rings. The lowest BCUT2D eigenvalue weighted by atomic mass is 10.1. The van der Waals surface area contributed by atoms with E-state index in [4.69, 9.17) is 10.5 Å². The SMILES string of the molecule is CNC(=O)C(C)NC(=O)c1cc(N)ccc1OC. The van der Waals surface area contributed by atoms with E-state index < -0.39 is 11.9 Å². The monoisotopic (exact) mass is 251 g/mol. The summed E-state index contributed by atoms with van der Waals surface area (Å²) in [6.07, 6.45) is 0. The minimum Gasteiger partial charge on any atom is -0.496 e. The summed E-state index contributed by atoms with van der Waals surface area (Å²) in [4.78, 5) is 23.3. The molecule has 0 heterocycles. The van der Waals surface area contributed by atoms with Crippen molar-refractivity contribution >= 4 is 17.5 Å². The summed E-state index contributed by atoms with van der Waals surface area (Å²) < 4.78 is 5.07. The van der Waals surface area contributed by atoms with Crippen molar-refractivity contribution in [1.82, 2.24) is 10.6 Å². The van der Waals surface area contributed by atoms with Crippen molar-refractivity contribution < 1.29 is 14.3 Å². The number of hydrogen-bond acceptors (Lipinski definition) is 4. The molecule has 0 radical (unpaired) electrons. The van der Waals surface area contributed by atoms with Gasteiger partial charge in [-0.2, -0.15) is 0 Å². The van der Waals surface area contributed by atoms with Crippen LogP contribution in [0.5, 0.6) is 5.75 Å². The number of benzene rings is 1. The smallest absolute Gasteiger partial charge is 0.255 e. The average Bonchev–Trinajstić information content (AvgIpc) is 2.37. The molecule has 1 aromatic carbocycles. The second-order valence-corrected chi connectivity index (χ2v) is 3.77. The highest BCUT2D eigenvalue weighted by atomic mass is 16.5. The Labute approximate surface area is 105 Å². The highest BCUT2D eigenvalue weighted by molar-refractivity contribution is 6.00. The Hall–Kier alpha value is -2.24. The van der Waals surface area contributed by atoms with Crippen LogP contribution in [0.25, 0.3) is 0 Å². The first-order valence-corrected chi connectivity index (χ1v) is 5.45. The summed E-state index contributed by atoms with van der Waals surface area (Å²) in [7, 11) is 2.97. The third-order valence-corrected chi connectivity index (χ3v) is 2.46. The van der Waals surface area contributed by atoms with Crippen molar-refractivity contribution in [2.45, 2.75) is 13.0 Å². The van der Waals surface area contributed by atoms with Gasteiger partial charge in [0.1, 0.15) is 11.8 Å². The van der Waals surface area contributed by atoms with Gasteiger partial charge in [-0.05, 0) is 25.1 Å². The molecule has 6 heteroatoms. The van der Waals surface area contributed by atoms with Gasteiger partial charge in [0.05, 0.1) is 12.7 Å². The number of ether oxygens (including phenoxy) is 1. The van der Waals surface area contributed by atoms with Gasteiger partial charge < -0.3 is 21.1 Å². The van der Waals surface area contributed by atoms with Crippen molar-refractivity contribution in [2.24, 2.45) is 0 Å². The zero-order valence-electron chi connectivity index (χ0n) is 10.6. The topological polar surface area (TPSA) is 93.5 Å². The maximum atomic E-state index is 12.0. The molecule has 0 saturated heterocycles. The quantitative estimate of drug-likeness (QED) is 0.664. The van der Waals surface area contributed by atoms with E-state index in [1.165, 1.54) is 20.2 Å². The van der Waals surface area contributed by atoms with Crippen LogP contribution in [0.4, 0.5) is 5.69 Å². The number of carbonyl (C=O) groups is 2. The van der Waals surface area contributed by atoms with Crippen LogP contribution in [0.2, 0.25) is 0 Å². The van der Waals surface area contributed by atoms with Gasteiger partial charge >= 0.3 is 0 Å². The Balaban J connectivity index is 2.90. The molecular formula is C12H17N3O3. The highest BCUT2D eigenvalue weighted by Gasteiger charge is 2.18. The molecular weight excluding hydrogens is 234 g/mol. The molecule has 1 rings (SSSR count). The standard InChI is InChI=1S/C12H17N3O3/c1-7(11(16)14-2)15-12(17)9-6-8(13)4-5-10(9)18-3/h4-7H,13H2,1-3H3,(H,14,16)(H,15,17). The lowest BCUT2D eigenvalue weighted by Crippen LogP contribution is -2.43. The molecule has 1 unspecified atom stereocenters. The first-order valence-electron chi connectivity index (χ1n) is 5.45. The van der Waals surface area contributed by atoms with Gasteiger partial charge in [0.2, 0.25) is 5.91 Å². The molecule has 1 atom stereocenters. The number of nitrogens with two attached hydrogens (primary N) is 1. The van der Waals surface area contributed by atoms with Crippen LogP contribution in [0.3, 0.4) is 0 Å². The number of hydrogen-bond donors (Lipinski definition) is 3. The Morgan fingerprint density at radius 1 is 1.39 bits per heavy atom. The third kappa shape index (κ3) is 3.13. The van der Waals surface area contributed by atoms with Crippen LogP contribution in [-0.2, 0) is 4.79 Å². The maximum Gasteiger partial charge on any atom is 0.255 e. The van der Waals surface area contributed by atoms with Gasteiger partial charge in [-0.15, -0.1) is 0 Å². The van der Waals surface area contributed by atoms with Crippen LogP contribution in [0.1, 0.15) is 17.3 Å². The summed E-state index contributed by atoms with van der Waals surface area (Å²) in [5.41, 5.74) is 6.37. The lowest BCUT2D eigenvalue weighted by Gasteiger charge is -2.14. The number of methoxy groups -OCH3 is 1. The molecule has 6 nitrogen and oxygen atoms in total. The van der Waals surface area contributed by atoms with Crippen LogP contribution in [0, 0.1) is 0 Å². The Morgan fingerprint density at radius 2 is 2.06 bits per heavy atom. The molecule has 0 aliphatic carbocycles. The lowest BCUT2D eigenvalue weighted by molar-refractivity contribution is -0.122. The third-order valence-electron chi connectivity index (χ3n) is 2.46. The normalized spacial score (nSPS) is 11.5. The Kier molecular flexibility index (Phi) is 4.53. The van der Waals surface area contributed by atoms with E-state index in [1.807, 2.05) is 0 Å². The van der Waals surface area contributed by atoms with E-state index in [9.17, 15) is 9.59 Å². The van der Waals surface area contributed by atoms with E-state index in [0.29, 0.717) is 17.0 Å². The molecule has 0 fully saturated rings. The minimum absolute atomic E-state index is 0.272. The van der Waals surface area contributed by atoms with Crippen molar-refractivity contribution in [2.75, 3.05) is 19.9 Å². The summed E-state index contributed by atoms with van der Waals surface area (Å²) in [6, 6.07) is 4.12. The number of rotatable bonds is 4. The van der Waals surface area contributed by atoms with Crippen molar-refractivity contribution in [3.63, 3.8) is 0 Å². The zero-order valence-corrected chi connectivity index (χ0v) is 10.6. The molecule has 98 valence electrons. The number of likely N-dealkylation sites (N-methyl/N-ethyl adjacent to an activating group) is 1. The van der Waals surface area contributed by atoms with Crippen LogP contribution in [-0.4, -0.2) is 32.0 Å². The first-order chi connectivity index (χ1) is 8.49. The molecule has 0 spiro atoms. The van der Waals surface area contributed by atoms with Crippen LogP contribution >= 0.6 is 0 Å². The Bertz CT molecular complexity index is 460. The molecule has 1 aromatic rings. The summed E-state index contributed by atoms with van der Waals surface area (Å²) in [6.45, 7) is 1.59. The van der Waals surface area contributed by atoms with Crippen molar-refractivity contribution in [3.05, 3.63) is 23.8 Å². The second kappa shape index (κ2) is 5.90. The van der Waals surface area contributed by atoms with E-state index in [0.717, 1.165) is 0 Å². The second-order valence-electron chi connectivity index (χ2n) is 3.77. The fourth-order valence-corrected chi connectivity index (χ4v) is 1.46. The van der Waals surface area contributed by atoms with Gasteiger partial charge in [-0.3, -0.25) is 9.59 Å². The van der Waals surface area contributed by atoms with Gasteiger partial charge in [0.15, 0.2) is 0 Å². The fourth-order valence-electron chi connectivity index (χ4n) is 1.46. The summed E-state index contributed by atoms with van der Waals surface area (Å²) >= 11 is 0. The van der Waals surface area contributed by atoms with Gasteiger partial charge in [0, 0.05) is 12.7 Å². The molecule has 18 heavy (non-hydrogen) atoms. The van der Waals surface area contributed by atoms with Crippen molar-refractivity contribution in [3.8, 4) is 5.75 Å². The van der Waals surface area contributed by atoms with Gasteiger partial charge in [-0.1, -0.05) is 0 Å². The molecule has 4 N–H and O–H groups in total. The van der Waals surface area contributed by atoms with Gasteiger partial charge in [0.25, 0.3) is 5.91 Å². The first kappa shape index (κ1) is 13.8. The number of anilines is 1. The number of nitrogens with one attached hydrogen (secondary N) is 2. The predicted octanol–water partition coefficient (Wildman–Crippen LogP) is 0.142. The van der Waals surface area contributed by atoms with E-state index >= 15 is 0 Å². The number of amides is 2. The molecule has 0 saturated carbocycles. The largest absolute Gasteiger partial charge is 0.496 e. The highest BCUT2D eigenvalue weighted by Crippen LogP contribution is 2.20. The number of nitrogen functional groups attached to an aromatic ring is 1. The number of carbonyl (C=O) groups excluding carboxylic acids is 2. The summed E-state index contributed by atoms with van der Waals surface area (Å²) in [5, 5.41) is 5.01. The summed E-state index contributed by atoms with van der Waals surface area (Å²) in [5.74, 6) is -0.271. The van der Waals surface area contributed by atoms with Crippen LogP contribution < -0.4 is 21.1 Å².